The van der Waals surface area contributed by atoms with E-state index in [9.17, 15) is 0 Å². The van der Waals surface area contributed by atoms with Gasteiger partial charge < -0.3 is 0 Å². The van der Waals surface area contributed by atoms with Gasteiger partial charge in [0.05, 0.1) is 4.58 Å². The van der Waals surface area contributed by atoms with Crippen LogP contribution in [0.15, 0.2) is 10.3 Å². The van der Waals surface area contributed by atoms with E-state index in [4.69, 9.17) is 0 Å². The maximum atomic E-state index is 4.20. The molecule has 9 heavy (non-hydrogen) atoms. The third-order valence-corrected chi connectivity index (χ3v) is 5.01. The topological polar surface area (TPSA) is 0 Å². The Balaban J connectivity index is 2.31. The lowest BCUT2D eigenvalue weighted by atomic mass is 10.7. The van der Waals surface area contributed by atoms with Gasteiger partial charge in [0, 0.05) is 16.4 Å². The molecule has 0 N–H and O–H groups in total. The average molecular weight is 196 g/mol. The van der Waals surface area contributed by atoms with Crippen molar-refractivity contribution in [3.8, 4) is 0 Å². The highest BCUT2D eigenvalue weighted by atomic mass is 32.2. The number of thiol groups is 2. The molecule has 0 spiro atoms. The Bertz CT molecular complexity index is 120. The van der Waals surface area contributed by atoms with Crippen molar-refractivity contribution < 1.29 is 0 Å². The lowest BCUT2D eigenvalue weighted by Gasteiger charge is -2.01. The minimum Gasteiger partial charge on any atom is -0.177 e. The second-order valence-corrected chi connectivity index (χ2v) is 4.99. The molecule has 0 aromatic heterocycles. The van der Waals surface area contributed by atoms with E-state index >= 15 is 0 Å². The first-order valence-corrected chi connectivity index (χ1v) is 5.68. The summed E-state index contributed by atoms with van der Waals surface area (Å²) in [5, 5.41) is 2.18. The first kappa shape index (κ1) is 8.24. The van der Waals surface area contributed by atoms with Crippen LogP contribution in [0.3, 0.4) is 0 Å². The molecule has 0 radical (unpaired) electrons. The van der Waals surface area contributed by atoms with Crippen molar-refractivity contribution in [2.24, 2.45) is 0 Å². The molecule has 0 aromatic carbocycles. The molecule has 52 valence electrons. The summed E-state index contributed by atoms with van der Waals surface area (Å²) in [5.41, 5.74) is 0. The van der Waals surface area contributed by atoms with Crippen LogP contribution < -0.4 is 0 Å². The van der Waals surface area contributed by atoms with Crippen molar-refractivity contribution in [2.45, 2.75) is 4.58 Å². The van der Waals surface area contributed by atoms with Gasteiger partial charge in [0.25, 0.3) is 0 Å². The summed E-state index contributed by atoms with van der Waals surface area (Å²) in [6.45, 7) is 0. The van der Waals surface area contributed by atoms with Crippen LogP contribution >= 0.6 is 48.8 Å². The Morgan fingerprint density at radius 1 is 1.56 bits per heavy atom. The third-order valence-electron chi connectivity index (χ3n) is 0.939. The molecule has 0 aliphatic carbocycles. The summed E-state index contributed by atoms with van der Waals surface area (Å²) < 4.78 is 0.635. The van der Waals surface area contributed by atoms with E-state index in [2.05, 4.69) is 30.7 Å². The Labute approximate surface area is 75.1 Å². The summed E-state index contributed by atoms with van der Waals surface area (Å²) in [6, 6.07) is 0. The van der Waals surface area contributed by atoms with Crippen LogP contribution in [0.2, 0.25) is 0 Å². The summed E-state index contributed by atoms with van der Waals surface area (Å²) in [5.74, 6) is 1.82. The lowest BCUT2D eigenvalue weighted by Crippen LogP contribution is -1.91. The van der Waals surface area contributed by atoms with Crippen LogP contribution in [0.1, 0.15) is 0 Å². The molecular formula is C5H8S4. The van der Waals surface area contributed by atoms with Crippen LogP contribution in [-0.4, -0.2) is 16.1 Å². The molecule has 1 unspecified atom stereocenters. The standard InChI is InChI=1S/C5H8S4/c6-1-4-3-8-5(2-7)9-4/h3,5-7H,1-2H2. The van der Waals surface area contributed by atoms with Crippen LogP contribution in [-0.2, 0) is 0 Å². The molecule has 1 aliphatic rings. The van der Waals surface area contributed by atoms with E-state index in [1.165, 1.54) is 4.91 Å². The van der Waals surface area contributed by atoms with Crippen LogP contribution in [0.5, 0.6) is 0 Å². The molecule has 0 nitrogen and oxygen atoms in total. The van der Waals surface area contributed by atoms with E-state index in [0.29, 0.717) is 4.58 Å². The van der Waals surface area contributed by atoms with Crippen molar-refractivity contribution in [3.63, 3.8) is 0 Å². The first-order chi connectivity index (χ1) is 4.36. The van der Waals surface area contributed by atoms with Gasteiger partial charge >= 0.3 is 0 Å². The third kappa shape index (κ3) is 2.33. The number of hydrogen-bond acceptors (Lipinski definition) is 4. The highest BCUT2D eigenvalue weighted by molar-refractivity contribution is 8.23. The van der Waals surface area contributed by atoms with Crippen molar-refractivity contribution in [1.82, 2.24) is 0 Å². The molecule has 0 aromatic rings. The van der Waals surface area contributed by atoms with Gasteiger partial charge in [0.2, 0.25) is 0 Å². The fourth-order valence-electron chi connectivity index (χ4n) is 0.531. The monoisotopic (exact) mass is 196 g/mol. The Hall–Kier alpha value is 1.14. The van der Waals surface area contributed by atoms with Crippen LogP contribution in [0.4, 0.5) is 0 Å². The number of thioether (sulfide) groups is 2. The van der Waals surface area contributed by atoms with Crippen LogP contribution in [0.25, 0.3) is 0 Å². The van der Waals surface area contributed by atoms with E-state index in [0.717, 1.165) is 11.5 Å². The molecule has 1 atom stereocenters. The van der Waals surface area contributed by atoms with Gasteiger partial charge in [-0.3, -0.25) is 0 Å². The highest BCUT2D eigenvalue weighted by Gasteiger charge is 2.15. The molecule has 0 saturated heterocycles. The smallest absolute Gasteiger partial charge is 0.0676 e. The fourth-order valence-corrected chi connectivity index (χ4v) is 3.56. The molecule has 1 aliphatic heterocycles. The summed E-state index contributed by atoms with van der Waals surface area (Å²) in [4.78, 5) is 1.38. The molecule has 1 heterocycles. The Morgan fingerprint density at radius 3 is 2.67 bits per heavy atom. The van der Waals surface area contributed by atoms with Gasteiger partial charge in [-0.15, -0.1) is 23.5 Å². The molecule has 0 saturated carbocycles. The maximum Gasteiger partial charge on any atom is 0.0676 e. The zero-order chi connectivity index (χ0) is 6.69. The van der Waals surface area contributed by atoms with Gasteiger partial charge in [-0.2, -0.15) is 25.3 Å². The van der Waals surface area contributed by atoms with Crippen molar-refractivity contribution in [2.75, 3.05) is 11.5 Å². The zero-order valence-electron chi connectivity index (χ0n) is 4.78. The van der Waals surface area contributed by atoms with Gasteiger partial charge in [0.1, 0.15) is 0 Å². The second kappa shape index (κ2) is 4.11. The molecule has 0 bridgehead atoms. The SMILES string of the molecule is SCC1=CSC(CS)S1. The van der Waals surface area contributed by atoms with Crippen molar-refractivity contribution >= 4 is 48.8 Å². The summed E-state index contributed by atoms with van der Waals surface area (Å²) in [6.07, 6.45) is 0. The van der Waals surface area contributed by atoms with Gasteiger partial charge in [-0.05, 0) is 5.41 Å². The summed E-state index contributed by atoms with van der Waals surface area (Å²) >= 11 is 12.1. The van der Waals surface area contributed by atoms with Crippen molar-refractivity contribution in [3.05, 3.63) is 10.3 Å². The number of rotatable bonds is 2. The molecule has 0 amide bonds. The molecule has 1 rings (SSSR count). The van der Waals surface area contributed by atoms with Crippen LogP contribution in [0, 0.1) is 0 Å². The average Bonchev–Trinajstić information content (AvgIpc) is 2.34. The maximum absolute atomic E-state index is 4.20. The summed E-state index contributed by atoms with van der Waals surface area (Å²) in [7, 11) is 0. The molecular weight excluding hydrogens is 188 g/mol. The lowest BCUT2D eigenvalue weighted by molar-refractivity contribution is 1.48. The molecule has 0 fully saturated rings. The second-order valence-electron chi connectivity index (χ2n) is 1.61. The first-order valence-electron chi connectivity index (χ1n) is 2.59. The van der Waals surface area contributed by atoms with E-state index in [-0.39, 0.29) is 0 Å². The minimum atomic E-state index is 0.635. The van der Waals surface area contributed by atoms with Crippen molar-refractivity contribution in [1.29, 1.82) is 0 Å². The number of hydrogen-bond donors (Lipinski definition) is 2. The Morgan fingerprint density at radius 2 is 2.33 bits per heavy atom. The minimum absolute atomic E-state index is 0.635. The largest absolute Gasteiger partial charge is 0.177 e. The van der Waals surface area contributed by atoms with E-state index < -0.39 is 0 Å². The van der Waals surface area contributed by atoms with E-state index in [1.807, 2.05) is 23.5 Å². The predicted molar refractivity (Wildman–Crippen MR) is 54.8 cm³/mol. The predicted octanol–water partition coefficient (Wildman–Crippen LogP) is 2.49. The van der Waals surface area contributed by atoms with Gasteiger partial charge in [-0.1, -0.05) is 0 Å². The quantitative estimate of drug-likeness (QED) is 0.651. The highest BCUT2D eigenvalue weighted by Crippen LogP contribution is 2.40. The Kier molecular flexibility index (Phi) is 3.76. The van der Waals surface area contributed by atoms with Gasteiger partial charge in [0.15, 0.2) is 0 Å². The van der Waals surface area contributed by atoms with Gasteiger partial charge in [-0.25, -0.2) is 0 Å². The molecule has 4 heteroatoms. The fraction of sp³-hybridized carbons (Fsp3) is 0.600. The normalized spacial score (nSPS) is 26.4. The zero-order valence-corrected chi connectivity index (χ0v) is 8.20. The van der Waals surface area contributed by atoms with E-state index in [1.54, 1.807) is 0 Å².